The predicted octanol–water partition coefficient (Wildman–Crippen LogP) is 3.53. The van der Waals surface area contributed by atoms with Crippen LogP contribution in [0.1, 0.15) is 26.7 Å². The molecule has 0 aliphatic rings. The van der Waals surface area contributed by atoms with Crippen LogP contribution in [-0.2, 0) is 4.79 Å². The van der Waals surface area contributed by atoms with E-state index in [1.54, 1.807) is 19.9 Å². The third-order valence-corrected chi connectivity index (χ3v) is 3.37. The van der Waals surface area contributed by atoms with Crippen molar-refractivity contribution in [2.24, 2.45) is 5.41 Å². The molecule has 1 aromatic rings. The van der Waals surface area contributed by atoms with Gasteiger partial charge in [0.2, 0.25) is 0 Å². The van der Waals surface area contributed by atoms with Crippen LogP contribution in [0.3, 0.4) is 0 Å². The first-order valence-electron chi connectivity index (χ1n) is 5.71. The highest BCUT2D eigenvalue weighted by Crippen LogP contribution is 2.27. The lowest BCUT2D eigenvalue weighted by Crippen LogP contribution is -2.24. The van der Waals surface area contributed by atoms with Crippen molar-refractivity contribution in [2.45, 2.75) is 36.5 Å². The summed E-state index contributed by atoms with van der Waals surface area (Å²) in [6.45, 7) is 3.91. The van der Waals surface area contributed by atoms with Crippen LogP contribution in [0.5, 0.6) is 5.75 Å². The normalized spacial score (nSPS) is 11.3. The van der Waals surface area contributed by atoms with E-state index < -0.39 is 11.4 Å². The Morgan fingerprint density at radius 1 is 1.39 bits per heavy atom. The van der Waals surface area contributed by atoms with E-state index in [-0.39, 0.29) is 0 Å². The highest BCUT2D eigenvalue weighted by molar-refractivity contribution is 7.80. The number of benzene rings is 1. The fourth-order valence-electron chi connectivity index (χ4n) is 1.42. The van der Waals surface area contributed by atoms with E-state index in [0.29, 0.717) is 25.2 Å². The molecule has 1 aromatic carbocycles. The lowest BCUT2D eigenvalue weighted by Gasteiger charge is -2.18. The molecule has 0 saturated carbocycles. The summed E-state index contributed by atoms with van der Waals surface area (Å²) in [5, 5.41) is 8.97. The molecule has 0 aliphatic carbocycles. The van der Waals surface area contributed by atoms with Gasteiger partial charge in [0.25, 0.3) is 0 Å². The molecular formula is C13H18O3S2. The SMILES string of the molecule is CC(C)(CCCOc1cc(S)ccc1S)C(=O)O. The van der Waals surface area contributed by atoms with Crippen molar-refractivity contribution in [2.75, 3.05) is 6.61 Å². The Balaban J connectivity index is 2.43. The van der Waals surface area contributed by atoms with Crippen molar-refractivity contribution >= 4 is 31.2 Å². The van der Waals surface area contributed by atoms with Gasteiger partial charge < -0.3 is 9.84 Å². The van der Waals surface area contributed by atoms with Gasteiger partial charge in [-0.2, -0.15) is 0 Å². The number of carbonyl (C=O) groups is 1. The molecular weight excluding hydrogens is 268 g/mol. The Labute approximate surface area is 118 Å². The minimum absolute atomic E-state index is 0.474. The van der Waals surface area contributed by atoms with E-state index in [1.807, 2.05) is 12.1 Å². The van der Waals surface area contributed by atoms with Gasteiger partial charge in [0, 0.05) is 9.79 Å². The average molecular weight is 286 g/mol. The third-order valence-electron chi connectivity index (χ3n) is 2.73. The standard InChI is InChI=1S/C13H18O3S2/c1-13(2,12(14)15)6-3-7-16-10-8-9(17)4-5-11(10)18/h4-5,8,17-18H,3,6-7H2,1-2H3,(H,14,15). The number of thiol groups is 2. The number of carboxylic acid groups (broad SMARTS) is 1. The van der Waals surface area contributed by atoms with Crippen molar-refractivity contribution in [3.05, 3.63) is 18.2 Å². The van der Waals surface area contributed by atoms with Crippen LogP contribution in [0.4, 0.5) is 0 Å². The Hall–Kier alpha value is -0.810. The molecule has 0 radical (unpaired) electrons. The minimum atomic E-state index is -0.783. The minimum Gasteiger partial charge on any atom is -0.492 e. The average Bonchev–Trinajstić information content (AvgIpc) is 2.28. The Kier molecular flexibility index (Phi) is 5.41. The van der Waals surface area contributed by atoms with Gasteiger partial charge in [-0.25, -0.2) is 0 Å². The van der Waals surface area contributed by atoms with Crippen LogP contribution in [0.15, 0.2) is 28.0 Å². The summed E-state index contributed by atoms with van der Waals surface area (Å²) in [6.07, 6.45) is 1.26. The molecule has 0 saturated heterocycles. The molecule has 100 valence electrons. The zero-order chi connectivity index (χ0) is 13.8. The summed E-state index contributed by atoms with van der Waals surface area (Å²) in [4.78, 5) is 12.5. The summed E-state index contributed by atoms with van der Waals surface area (Å²) < 4.78 is 5.57. The van der Waals surface area contributed by atoms with Crippen LogP contribution in [0, 0.1) is 5.41 Å². The summed E-state index contributed by atoms with van der Waals surface area (Å²) in [5.74, 6) is -0.103. The van der Waals surface area contributed by atoms with Crippen molar-refractivity contribution in [3.8, 4) is 5.75 Å². The molecule has 0 atom stereocenters. The molecule has 0 heterocycles. The largest absolute Gasteiger partial charge is 0.492 e. The highest BCUT2D eigenvalue weighted by Gasteiger charge is 2.26. The van der Waals surface area contributed by atoms with E-state index in [2.05, 4.69) is 25.3 Å². The van der Waals surface area contributed by atoms with Gasteiger partial charge >= 0.3 is 5.97 Å². The molecule has 0 unspecified atom stereocenters. The molecule has 0 bridgehead atoms. The fourth-order valence-corrected chi connectivity index (χ4v) is 1.82. The monoisotopic (exact) mass is 286 g/mol. The zero-order valence-corrected chi connectivity index (χ0v) is 12.3. The first-order chi connectivity index (χ1) is 8.33. The van der Waals surface area contributed by atoms with Gasteiger partial charge in [0.05, 0.1) is 12.0 Å². The molecule has 3 nitrogen and oxygen atoms in total. The first-order valence-corrected chi connectivity index (χ1v) is 6.60. The van der Waals surface area contributed by atoms with Crippen LogP contribution in [0.25, 0.3) is 0 Å². The molecule has 0 amide bonds. The second-order valence-electron chi connectivity index (χ2n) is 4.79. The quantitative estimate of drug-likeness (QED) is 0.554. The number of rotatable bonds is 6. The van der Waals surface area contributed by atoms with E-state index in [1.165, 1.54) is 0 Å². The summed E-state index contributed by atoms with van der Waals surface area (Å²) in [6, 6.07) is 5.46. The Morgan fingerprint density at radius 3 is 2.67 bits per heavy atom. The lowest BCUT2D eigenvalue weighted by molar-refractivity contribution is -0.147. The molecule has 0 spiro atoms. The molecule has 5 heteroatoms. The maximum atomic E-state index is 10.9. The Morgan fingerprint density at radius 2 is 2.06 bits per heavy atom. The first kappa shape index (κ1) is 15.2. The predicted molar refractivity (Wildman–Crippen MR) is 77.1 cm³/mol. The number of hydrogen-bond acceptors (Lipinski definition) is 4. The molecule has 1 rings (SSSR count). The summed E-state index contributed by atoms with van der Waals surface area (Å²) >= 11 is 8.51. The fraction of sp³-hybridized carbons (Fsp3) is 0.462. The lowest BCUT2D eigenvalue weighted by atomic mass is 9.88. The number of hydrogen-bond donors (Lipinski definition) is 3. The van der Waals surface area contributed by atoms with Crippen LogP contribution >= 0.6 is 25.3 Å². The van der Waals surface area contributed by atoms with E-state index in [0.717, 1.165) is 9.79 Å². The Bertz CT molecular complexity index is 430. The van der Waals surface area contributed by atoms with E-state index in [4.69, 9.17) is 9.84 Å². The van der Waals surface area contributed by atoms with Gasteiger partial charge in [-0.15, -0.1) is 25.3 Å². The topological polar surface area (TPSA) is 46.5 Å². The van der Waals surface area contributed by atoms with Crippen molar-refractivity contribution < 1.29 is 14.6 Å². The number of ether oxygens (including phenoxy) is 1. The van der Waals surface area contributed by atoms with Crippen LogP contribution in [-0.4, -0.2) is 17.7 Å². The van der Waals surface area contributed by atoms with Crippen molar-refractivity contribution in [1.29, 1.82) is 0 Å². The van der Waals surface area contributed by atoms with E-state index in [9.17, 15) is 4.79 Å². The highest BCUT2D eigenvalue weighted by atomic mass is 32.1. The molecule has 18 heavy (non-hydrogen) atoms. The van der Waals surface area contributed by atoms with Gasteiger partial charge in [-0.1, -0.05) is 0 Å². The molecule has 0 fully saturated rings. The number of aliphatic carboxylic acids is 1. The third kappa shape index (κ3) is 4.46. The number of carboxylic acids is 1. The van der Waals surface area contributed by atoms with Gasteiger partial charge in [0.15, 0.2) is 0 Å². The maximum absolute atomic E-state index is 10.9. The summed E-state index contributed by atoms with van der Waals surface area (Å²) in [5.41, 5.74) is -0.710. The smallest absolute Gasteiger partial charge is 0.309 e. The molecule has 1 N–H and O–H groups in total. The second-order valence-corrected chi connectivity index (χ2v) is 5.79. The maximum Gasteiger partial charge on any atom is 0.309 e. The zero-order valence-electron chi connectivity index (χ0n) is 10.5. The van der Waals surface area contributed by atoms with Crippen LogP contribution < -0.4 is 4.74 Å². The van der Waals surface area contributed by atoms with Gasteiger partial charge in [-0.05, 0) is 44.9 Å². The molecule has 0 aromatic heterocycles. The van der Waals surface area contributed by atoms with Gasteiger partial charge in [0.1, 0.15) is 5.75 Å². The molecule has 0 aliphatic heterocycles. The van der Waals surface area contributed by atoms with Crippen molar-refractivity contribution in [3.63, 3.8) is 0 Å². The van der Waals surface area contributed by atoms with Gasteiger partial charge in [-0.3, -0.25) is 4.79 Å². The second kappa shape index (κ2) is 6.38. The van der Waals surface area contributed by atoms with Crippen molar-refractivity contribution in [1.82, 2.24) is 0 Å². The van der Waals surface area contributed by atoms with Crippen LogP contribution in [0.2, 0.25) is 0 Å². The van der Waals surface area contributed by atoms with E-state index >= 15 is 0 Å². The summed E-state index contributed by atoms with van der Waals surface area (Å²) in [7, 11) is 0.